The van der Waals surface area contributed by atoms with Gasteiger partial charge in [-0.25, -0.2) is 4.98 Å². The minimum absolute atomic E-state index is 0.0873. The minimum Gasteiger partial charge on any atom is -0.506 e. The molecule has 1 amide bonds. The SMILES string of the molecule is CC(=O)Nc1ccc(-c2nc3c(O)cccc3s2)cc1C. The lowest BCUT2D eigenvalue weighted by atomic mass is 10.1. The van der Waals surface area contributed by atoms with Gasteiger partial charge in [0.05, 0.1) is 4.70 Å². The molecule has 0 saturated carbocycles. The van der Waals surface area contributed by atoms with Gasteiger partial charge in [0.25, 0.3) is 0 Å². The standard InChI is InChI=1S/C16H14N2O2S/c1-9-8-11(6-7-12(9)17-10(2)19)16-18-15-13(20)4-3-5-14(15)21-16/h3-8,20H,1-2H3,(H,17,19). The van der Waals surface area contributed by atoms with Crippen molar-refractivity contribution >= 4 is 33.1 Å². The highest BCUT2D eigenvalue weighted by Crippen LogP contribution is 2.35. The van der Waals surface area contributed by atoms with Crippen molar-refractivity contribution in [3.05, 3.63) is 42.0 Å². The van der Waals surface area contributed by atoms with E-state index >= 15 is 0 Å². The van der Waals surface area contributed by atoms with E-state index in [2.05, 4.69) is 10.3 Å². The molecule has 3 aromatic rings. The summed E-state index contributed by atoms with van der Waals surface area (Å²) in [5.41, 5.74) is 3.38. The summed E-state index contributed by atoms with van der Waals surface area (Å²) in [5, 5.41) is 13.5. The first-order chi connectivity index (χ1) is 10.0. The summed E-state index contributed by atoms with van der Waals surface area (Å²) in [6.45, 7) is 3.43. The van der Waals surface area contributed by atoms with Crippen LogP contribution in [0, 0.1) is 6.92 Å². The van der Waals surface area contributed by atoms with Crippen LogP contribution in [0.3, 0.4) is 0 Å². The van der Waals surface area contributed by atoms with E-state index in [4.69, 9.17) is 0 Å². The summed E-state index contributed by atoms with van der Waals surface area (Å²) in [6, 6.07) is 11.2. The number of hydrogen-bond acceptors (Lipinski definition) is 4. The van der Waals surface area contributed by atoms with Gasteiger partial charge in [0, 0.05) is 18.2 Å². The number of aromatic nitrogens is 1. The van der Waals surface area contributed by atoms with E-state index in [1.807, 2.05) is 37.3 Å². The number of nitrogens with zero attached hydrogens (tertiary/aromatic N) is 1. The highest BCUT2D eigenvalue weighted by atomic mass is 32.1. The molecule has 0 aliphatic heterocycles. The number of thiazole rings is 1. The molecular formula is C16H14N2O2S. The van der Waals surface area contributed by atoms with Gasteiger partial charge in [-0.3, -0.25) is 4.79 Å². The van der Waals surface area contributed by atoms with E-state index in [9.17, 15) is 9.90 Å². The Morgan fingerprint density at radius 3 is 2.76 bits per heavy atom. The number of aryl methyl sites for hydroxylation is 1. The third-order valence-corrected chi connectivity index (χ3v) is 4.25. The molecule has 5 heteroatoms. The van der Waals surface area contributed by atoms with Crippen molar-refractivity contribution in [3.63, 3.8) is 0 Å². The predicted molar refractivity (Wildman–Crippen MR) is 85.8 cm³/mol. The van der Waals surface area contributed by atoms with Gasteiger partial charge in [-0.15, -0.1) is 11.3 Å². The van der Waals surface area contributed by atoms with Crippen LogP contribution in [-0.2, 0) is 4.79 Å². The highest BCUT2D eigenvalue weighted by Gasteiger charge is 2.10. The zero-order valence-electron chi connectivity index (χ0n) is 11.7. The molecule has 106 valence electrons. The highest BCUT2D eigenvalue weighted by molar-refractivity contribution is 7.21. The average Bonchev–Trinajstić information content (AvgIpc) is 2.86. The van der Waals surface area contributed by atoms with E-state index in [0.717, 1.165) is 26.5 Å². The number of amides is 1. The zero-order valence-corrected chi connectivity index (χ0v) is 12.5. The molecule has 0 aliphatic carbocycles. The Labute approximate surface area is 126 Å². The van der Waals surface area contributed by atoms with E-state index in [-0.39, 0.29) is 11.7 Å². The van der Waals surface area contributed by atoms with Gasteiger partial charge < -0.3 is 10.4 Å². The first-order valence-corrected chi connectivity index (χ1v) is 7.33. The number of hydrogen-bond donors (Lipinski definition) is 2. The number of phenols is 1. The number of fused-ring (bicyclic) bond motifs is 1. The molecule has 0 spiro atoms. The van der Waals surface area contributed by atoms with Crippen LogP contribution < -0.4 is 5.32 Å². The number of benzene rings is 2. The Balaban J connectivity index is 2.04. The molecule has 0 atom stereocenters. The lowest BCUT2D eigenvalue weighted by Gasteiger charge is -2.07. The van der Waals surface area contributed by atoms with Gasteiger partial charge in [-0.1, -0.05) is 6.07 Å². The van der Waals surface area contributed by atoms with Crippen LogP contribution in [0.25, 0.3) is 20.8 Å². The second-order valence-electron chi connectivity index (χ2n) is 4.85. The van der Waals surface area contributed by atoms with Gasteiger partial charge in [0.15, 0.2) is 0 Å². The lowest BCUT2D eigenvalue weighted by molar-refractivity contribution is -0.114. The predicted octanol–water partition coefficient (Wildman–Crippen LogP) is 3.94. The molecule has 2 N–H and O–H groups in total. The lowest BCUT2D eigenvalue weighted by Crippen LogP contribution is -2.06. The number of phenolic OH excluding ortho intramolecular Hbond substituents is 1. The number of aromatic hydroxyl groups is 1. The van der Waals surface area contributed by atoms with Crippen molar-refractivity contribution in [1.82, 2.24) is 4.98 Å². The van der Waals surface area contributed by atoms with Crippen molar-refractivity contribution in [3.8, 4) is 16.3 Å². The summed E-state index contributed by atoms with van der Waals surface area (Å²) in [4.78, 5) is 15.6. The monoisotopic (exact) mass is 298 g/mol. The first kappa shape index (κ1) is 13.6. The topological polar surface area (TPSA) is 62.2 Å². The van der Waals surface area contributed by atoms with Gasteiger partial charge in [0.1, 0.15) is 16.3 Å². The Bertz CT molecular complexity index is 839. The van der Waals surface area contributed by atoms with Crippen molar-refractivity contribution in [2.24, 2.45) is 0 Å². The maximum absolute atomic E-state index is 11.1. The quantitative estimate of drug-likeness (QED) is 0.753. The fraction of sp³-hybridized carbons (Fsp3) is 0.125. The zero-order chi connectivity index (χ0) is 15.0. The molecule has 0 saturated heterocycles. The second kappa shape index (κ2) is 5.18. The second-order valence-corrected chi connectivity index (χ2v) is 5.88. The molecule has 21 heavy (non-hydrogen) atoms. The summed E-state index contributed by atoms with van der Waals surface area (Å²) < 4.78 is 0.952. The van der Waals surface area contributed by atoms with Crippen molar-refractivity contribution in [1.29, 1.82) is 0 Å². The van der Waals surface area contributed by atoms with Gasteiger partial charge in [0.2, 0.25) is 5.91 Å². The number of rotatable bonds is 2. The molecule has 0 bridgehead atoms. The third kappa shape index (κ3) is 2.60. The number of para-hydroxylation sites is 1. The van der Waals surface area contributed by atoms with Crippen LogP contribution in [0.1, 0.15) is 12.5 Å². The largest absolute Gasteiger partial charge is 0.506 e. The van der Waals surface area contributed by atoms with Crippen LogP contribution in [0.5, 0.6) is 5.75 Å². The Morgan fingerprint density at radius 2 is 2.10 bits per heavy atom. The molecule has 0 radical (unpaired) electrons. The summed E-state index contributed by atoms with van der Waals surface area (Å²) in [6.07, 6.45) is 0. The molecule has 0 fully saturated rings. The van der Waals surface area contributed by atoms with E-state index < -0.39 is 0 Å². The summed E-state index contributed by atoms with van der Waals surface area (Å²) >= 11 is 1.53. The fourth-order valence-electron chi connectivity index (χ4n) is 2.18. The first-order valence-electron chi connectivity index (χ1n) is 6.52. The molecule has 1 aromatic heterocycles. The van der Waals surface area contributed by atoms with Crippen LogP contribution in [-0.4, -0.2) is 16.0 Å². The number of carbonyl (C=O) groups excluding carboxylic acids is 1. The minimum atomic E-state index is -0.0873. The third-order valence-electron chi connectivity index (χ3n) is 3.18. The fourth-order valence-corrected chi connectivity index (χ4v) is 3.17. The maximum atomic E-state index is 11.1. The number of carbonyl (C=O) groups is 1. The number of anilines is 1. The molecular weight excluding hydrogens is 284 g/mol. The summed E-state index contributed by atoms with van der Waals surface area (Å²) in [5.74, 6) is 0.109. The average molecular weight is 298 g/mol. The number of nitrogens with one attached hydrogen (secondary N) is 1. The molecule has 3 rings (SSSR count). The molecule has 2 aromatic carbocycles. The molecule has 0 aliphatic rings. The smallest absolute Gasteiger partial charge is 0.221 e. The Hall–Kier alpha value is -2.40. The van der Waals surface area contributed by atoms with Crippen LogP contribution >= 0.6 is 11.3 Å². The van der Waals surface area contributed by atoms with Crippen LogP contribution in [0.4, 0.5) is 5.69 Å². The Morgan fingerprint density at radius 1 is 1.29 bits per heavy atom. The van der Waals surface area contributed by atoms with Gasteiger partial charge in [-0.2, -0.15) is 0 Å². The normalized spacial score (nSPS) is 10.8. The van der Waals surface area contributed by atoms with Crippen molar-refractivity contribution in [2.75, 3.05) is 5.32 Å². The van der Waals surface area contributed by atoms with Gasteiger partial charge >= 0.3 is 0 Å². The summed E-state index contributed by atoms with van der Waals surface area (Å²) in [7, 11) is 0. The molecule has 4 nitrogen and oxygen atoms in total. The van der Waals surface area contributed by atoms with Crippen molar-refractivity contribution in [2.45, 2.75) is 13.8 Å². The maximum Gasteiger partial charge on any atom is 0.221 e. The van der Waals surface area contributed by atoms with Crippen LogP contribution in [0.15, 0.2) is 36.4 Å². The van der Waals surface area contributed by atoms with Gasteiger partial charge in [-0.05, 0) is 42.8 Å². The van der Waals surface area contributed by atoms with E-state index in [1.54, 1.807) is 6.07 Å². The van der Waals surface area contributed by atoms with E-state index in [0.29, 0.717) is 5.52 Å². The van der Waals surface area contributed by atoms with E-state index in [1.165, 1.54) is 18.3 Å². The van der Waals surface area contributed by atoms with Crippen LogP contribution in [0.2, 0.25) is 0 Å². The molecule has 0 unspecified atom stereocenters. The Kier molecular flexibility index (Phi) is 3.35. The molecule has 1 heterocycles. The van der Waals surface area contributed by atoms with Crippen molar-refractivity contribution < 1.29 is 9.90 Å².